The molecule has 0 saturated carbocycles. The number of rotatable bonds is 9. The quantitative estimate of drug-likeness (QED) is 0.413. The summed E-state index contributed by atoms with van der Waals surface area (Å²) < 4.78 is 38.0. The molecule has 32 heavy (non-hydrogen) atoms. The van der Waals surface area contributed by atoms with Crippen molar-refractivity contribution in [2.75, 3.05) is 30.0 Å². The molecule has 1 amide bonds. The molecule has 0 aliphatic rings. The number of anilines is 2. The molecule has 7 nitrogen and oxygen atoms in total. The molecule has 0 radical (unpaired) electrons. The lowest BCUT2D eigenvalue weighted by Gasteiger charge is -2.11. The second-order valence-corrected chi connectivity index (χ2v) is 9.60. The third-order valence-electron chi connectivity index (χ3n) is 4.29. The van der Waals surface area contributed by atoms with Gasteiger partial charge in [-0.05, 0) is 54.6 Å². The van der Waals surface area contributed by atoms with Crippen molar-refractivity contribution >= 4 is 50.7 Å². The molecule has 0 unspecified atom stereocenters. The first kappa shape index (κ1) is 23.8. The van der Waals surface area contributed by atoms with Crippen LogP contribution in [0.1, 0.15) is 0 Å². The highest BCUT2D eigenvalue weighted by Gasteiger charge is 2.16. The van der Waals surface area contributed by atoms with Crippen LogP contribution in [0.4, 0.5) is 11.4 Å². The van der Waals surface area contributed by atoms with Gasteiger partial charge < -0.3 is 14.8 Å². The summed E-state index contributed by atoms with van der Waals surface area (Å²) >= 11 is 7.36. The van der Waals surface area contributed by atoms with Gasteiger partial charge >= 0.3 is 0 Å². The third kappa shape index (κ3) is 6.09. The Kier molecular flexibility index (Phi) is 7.89. The first-order chi connectivity index (χ1) is 15.3. The van der Waals surface area contributed by atoms with E-state index in [-0.39, 0.29) is 16.6 Å². The zero-order valence-electron chi connectivity index (χ0n) is 17.3. The van der Waals surface area contributed by atoms with Crippen LogP contribution in [0.3, 0.4) is 0 Å². The Morgan fingerprint density at radius 1 is 0.969 bits per heavy atom. The predicted molar refractivity (Wildman–Crippen MR) is 128 cm³/mol. The van der Waals surface area contributed by atoms with E-state index >= 15 is 0 Å². The number of sulfonamides is 1. The van der Waals surface area contributed by atoms with Crippen molar-refractivity contribution in [2.45, 2.75) is 9.79 Å². The number of ether oxygens (including phenoxy) is 2. The van der Waals surface area contributed by atoms with E-state index in [9.17, 15) is 13.2 Å². The van der Waals surface area contributed by atoms with Crippen LogP contribution in [-0.4, -0.2) is 34.3 Å². The van der Waals surface area contributed by atoms with Crippen LogP contribution in [-0.2, 0) is 14.8 Å². The molecule has 0 spiro atoms. The largest absolute Gasteiger partial charge is 0.493 e. The van der Waals surface area contributed by atoms with E-state index in [0.29, 0.717) is 27.9 Å². The highest BCUT2D eigenvalue weighted by Crippen LogP contribution is 2.32. The van der Waals surface area contributed by atoms with Crippen LogP contribution < -0.4 is 19.5 Å². The number of methoxy groups -OCH3 is 2. The van der Waals surface area contributed by atoms with Crippen molar-refractivity contribution in [1.82, 2.24) is 0 Å². The zero-order valence-corrected chi connectivity index (χ0v) is 19.7. The first-order valence-electron chi connectivity index (χ1n) is 9.34. The van der Waals surface area contributed by atoms with Gasteiger partial charge in [0.15, 0.2) is 11.5 Å². The minimum atomic E-state index is -3.81. The highest BCUT2D eigenvalue weighted by molar-refractivity contribution is 8.00. The van der Waals surface area contributed by atoms with Crippen molar-refractivity contribution in [3.8, 4) is 11.5 Å². The minimum Gasteiger partial charge on any atom is -0.493 e. The van der Waals surface area contributed by atoms with Crippen LogP contribution in [0.5, 0.6) is 11.5 Å². The Morgan fingerprint density at radius 3 is 2.31 bits per heavy atom. The molecule has 0 aliphatic carbocycles. The number of para-hydroxylation sites is 1. The van der Waals surface area contributed by atoms with Crippen LogP contribution >= 0.6 is 23.4 Å². The van der Waals surface area contributed by atoms with E-state index in [1.807, 2.05) is 6.07 Å². The fourth-order valence-corrected chi connectivity index (χ4v) is 4.76. The number of thioether (sulfide) groups is 1. The Hall–Kier alpha value is -2.88. The molecule has 0 atom stereocenters. The molecule has 0 bridgehead atoms. The molecule has 3 aromatic rings. The number of halogens is 1. The number of carbonyl (C=O) groups is 1. The van der Waals surface area contributed by atoms with E-state index in [0.717, 1.165) is 4.90 Å². The number of hydrogen-bond acceptors (Lipinski definition) is 6. The smallest absolute Gasteiger partial charge is 0.261 e. The van der Waals surface area contributed by atoms with Crippen LogP contribution in [0.25, 0.3) is 0 Å². The second kappa shape index (κ2) is 10.6. The number of amides is 1. The summed E-state index contributed by atoms with van der Waals surface area (Å²) in [6.45, 7) is 0. The molecule has 2 N–H and O–H groups in total. The van der Waals surface area contributed by atoms with Gasteiger partial charge in [0.1, 0.15) is 0 Å². The number of carbonyl (C=O) groups excluding carboxylic acids is 1. The SMILES string of the molecule is COc1ccc(SCC(=O)Nc2ccc(S(=O)(=O)Nc3ccccc3Cl)cc2)cc1OC. The summed E-state index contributed by atoms with van der Waals surface area (Å²) in [6, 6.07) is 17.8. The molecule has 3 aromatic carbocycles. The maximum Gasteiger partial charge on any atom is 0.261 e. The van der Waals surface area contributed by atoms with Gasteiger partial charge in [0.05, 0.1) is 35.6 Å². The Balaban J connectivity index is 1.59. The van der Waals surface area contributed by atoms with Gasteiger partial charge in [0, 0.05) is 10.6 Å². The molecular weight excluding hydrogens is 472 g/mol. The molecule has 3 rings (SSSR count). The fraction of sp³-hybridized carbons (Fsp3) is 0.136. The monoisotopic (exact) mass is 492 g/mol. The van der Waals surface area contributed by atoms with Crippen molar-refractivity contribution in [3.63, 3.8) is 0 Å². The van der Waals surface area contributed by atoms with Gasteiger partial charge in [-0.25, -0.2) is 8.42 Å². The van der Waals surface area contributed by atoms with Crippen LogP contribution in [0, 0.1) is 0 Å². The van der Waals surface area contributed by atoms with Crippen molar-refractivity contribution in [2.24, 2.45) is 0 Å². The lowest BCUT2D eigenvalue weighted by Crippen LogP contribution is -2.15. The van der Waals surface area contributed by atoms with E-state index in [2.05, 4.69) is 10.0 Å². The van der Waals surface area contributed by atoms with Crippen LogP contribution in [0.15, 0.2) is 76.5 Å². The van der Waals surface area contributed by atoms with Gasteiger partial charge in [-0.3, -0.25) is 9.52 Å². The third-order valence-corrected chi connectivity index (χ3v) is 7.00. The standard InChI is InChI=1S/C22H21ClN2O5S2/c1-29-20-12-9-16(13-21(20)30-2)31-14-22(26)24-15-7-10-17(11-8-15)32(27,28)25-19-6-4-3-5-18(19)23/h3-13,25H,14H2,1-2H3,(H,24,26). The molecular formula is C22H21ClN2O5S2. The van der Waals surface area contributed by atoms with Crippen molar-refractivity contribution < 1.29 is 22.7 Å². The summed E-state index contributed by atoms with van der Waals surface area (Å²) in [5, 5.41) is 3.05. The molecule has 0 fully saturated rings. The van der Waals surface area contributed by atoms with E-state index < -0.39 is 10.0 Å². The van der Waals surface area contributed by atoms with Gasteiger partial charge in [-0.15, -0.1) is 11.8 Å². The van der Waals surface area contributed by atoms with Gasteiger partial charge in [-0.1, -0.05) is 23.7 Å². The summed E-state index contributed by atoms with van der Waals surface area (Å²) in [4.78, 5) is 13.2. The van der Waals surface area contributed by atoms with Crippen LogP contribution in [0.2, 0.25) is 5.02 Å². The second-order valence-electron chi connectivity index (χ2n) is 6.46. The molecule has 0 aliphatic heterocycles. The maximum atomic E-state index is 12.6. The van der Waals surface area contributed by atoms with Gasteiger partial charge in [0.25, 0.3) is 10.0 Å². The minimum absolute atomic E-state index is 0.0510. The summed E-state index contributed by atoms with van der Waals surface area (Å²) in [6.07, 6.45) is 0. The number of benzene rings is 3. The van der Waals surface area contributed by atoms with E-state index in [4.69, 9.17) is 21.1 Å². The summed E-state index contributed by atoms with van der Waals surface area (Å²) in [7, 11) is -0.708. The zero-order chi connectivity index (χ0) is 23.1. The molecule has 10 heteroatoms. The van der Waals surface area contributed by atoms with Gasteiger partial charge in [0.2, 0.25) is 5.91 Å². The average Bonchev–Trinajstić information content (AvgIpc) is 2.79. The first-order valence-corrected chi connectivity index (χ1v) is 12.2. The topological polar surface area (TPSA) is 93.7 Å². The molecule has 0 saturated heterocycles. The Morgan fingerprint density at radius 2 is 1.66 bits per heavy atom. The lowest BCUT2D eigenvalue weighted by atomic mass is 10.3. The van der Waals surface area contributed by atoms with E-state index in [1.54, 1.807) is 50.6 Å². The average molecular weight is 493 g/mol. The summed E-state index contributed by atoms with van der Waals surface area (Å²) in [5.41, 5.74) is 0.776. The number of nitrogens with one attached hydrogen (secondary N) is 2. The Labute approximate surface area is 196 Å². The van der Waals surface area contributed by atoms with Crippen molar-refractivity contribution in [3.05, 3.63) is 71.8 Å². The Bertz CT molecular complexity index is 1200. The van der Waals surface area contributed by atoms with Crippen molar-refractivity contribution in [1.29, 1.82) is 0 Å². The van der Waals surface area contributed by atoms with Gasteiger partial charge in [-0.2, -0.15) is 0 Å². The predicted octanol–water partition coefficient (Wildman–Crippen LogP) is 4.89. The normalized spacial score (nSPS) is 11.0. The maximum absolute atomic E-state index is 12.6. The molecule has 0 aromatic heterocycles. The fourth-order valence-electron chi connectivity index (χ4n) is 2.72. The highest BCUT2D eigenvalue weighted by atomic mass is 35.5. The summed E-state index contributed by atoms with van der Waals surface area (Å²) in [5.74, 6) is 1.14. The molecule has 168 valence electrons. The number of hydrogen-bond donors (Lipinski definition) is 2. The molecule has 0 heterocycles. The van der Waals surface area contributed by atoms with E-state index in [1.165, 1.54) is 36.0 Å². The lowest BCUT2D eigenvalue weighted by molar-refractivity contribution is -0.113.